The average molecular weight is 601 g/mol. The monoisotopic (exact) mass is 600 g/mol. The molecular weight excluding hydrogens is 573 g/mol. The number of aromatic nitrogens is 1. The summed E-state index contributed by atoms with van der Waals surface area (Å²) in [4.78, 5) is 29.7. The maximum atomic E-state index is 13.4. The lowest BCUT2D eigenvalue weighted by atomic mass is 10.0. The Morgan fingerprint density at radius 3 is 2.27 bits per heavy atom. The second-order valence-corrected chi connectivity index (χ2v) is 10.8. The molecule has 2 atom stereocenters. The van der Waals surface area contributed by atoms with Crippen molar-refractivity contribution in [2.24, 2.45) is 0 Å². The fourth-order valence-corrected chi connectivity index (χ4v) is 5.03. The van der Waals surface area contributed by atoms with Crippen molar-refractivity contribution in [3.63, 3.8) is 0 Å². The fraction of sp³-hybridized carbons (Fsp3) is 0.320. The minimum Gasteiger partial charge on any atom is -0.453 e. The largest absolute Gasteiger partial charge is 0.453 e. The lowest BCUT2D eigenvalue weighted by Gasteiger charge is -2.22. The Morgan fingerprint density at radius 1 is 1.02 bits per heavy atom. The lowest BCUT2D eigenvalue weighted by Crippen LogP contribution is -2.49. The number of hydrogen-bond donors (Lipinski definition) is 4. The van der Waals surface area contributed by atoms with Crippen LogP contribution in [0.4, 0.5) is 23.7 Å². The van der Waals surface area contributed by atoms with Gasteiger partial charge in [-0.3, -0.25) is 14.1 Å². The number of benzene rings is 2. The van der Waals surface area contributed by atoms with Gasteiger partial charge < -0.3 is 15.4 Å². The highest BCUT2D eigenvalue weighted by Gasteiger charge is 2.29. The van der Waals surface area contributed by atoms with E-state index in [2.05, 4.69) is 20.4 Å². The van der Waals surface area contributed by atoms with E-state index in [4.69, 9.17) is 4.55 Å². The quantitative estimate of drug-likeness (QED) is 0.228. The van der Waals surface area contributed by atoms with Crippen LogP contribution in [0.5, 0.6) is 0 Å². The molecule has 0 bridgehead atoms. The van der Waals surface area contributed by atoms with Crippen LogP contribution >= 0.6 is 11.3 Å². The molecule has 0 unspecified atom stereocenters. The van der Waals surface area contributed by atoms with Gasteiger partial charge in [0.05, 0.1) is 24.5 Å². The molecule has 0 aliphatic carbocycles. The summed E-state index contributed by atoms with van der Waals surface area (Å²) >= 11 is 1.08. The van der Waals surface area contributed by atoms with Crippen molar-refractivity contribution in [1.82, 2.24) is 15.6 Å². The van der Waals surface area contributed by atoms with Crippen molar-refractivity contribution in [1.29, 1.82) is 0 Å². The summed E-state index contributed by atoms with van der Waals surface area (Å²) < 4.78 is 75.8. The van der Waals surface area contributed by atoms with Gasteiger partial charge in [0.15, 0.2) is 0 Å². The number of anilines is 1. The lowest BCUT2D eigenvalue weighted by molar-refractivity contribution is -0.134. The Hall–Kier alpha value is -3.69. The molecular formula is C25H27F3N4O6S2. The summed E-state index contributed by atoms with van der Waals surface area (Å²) in [6.07, 6.45) is -6.26. The number of halogens is 3. The molecule has 0 spiro atoms. The topological polar surface area (TPSA) is 147 Å². The first-order chi connectivity index (χ1) is 18.8. The van der Waals surface area contributed by atoms with Gasteiger partial charge in [-0.25, -0.2) is 9.78 Å². The third-order valence-corrected chi connectivity index (χ3v) is 7.07. The van der Waals surface area contributed by atoms with Gasteiger partial charge in [0.2, 0.25) is 5.91 Å². The first kappa shape index (κ1) is 30.8. The van der Waals surface area contributed by atoms with Gasteiger partial charge in [0, 0.05) is 18.2 Å². The molecule has 216 valence electrons. The highest BCUT2D eigenvalue weighted by molar-refractivity contribution is 7.87. The maximum absolute atomic E-state index is 13.4. The van der Waals surface area contributed by atoms with Gasteiger partial charge in [0.25, 0.3) is 0 Å². The van der Waals surface area contributed by atoms with Gasteiger partial charge in [-0.15, -0.1) is 11.3 Å². The Kier molecular flexibility index (Phi) is 10.5. The van der Waals surface area contributed by atoms with E-state index in [-0.39, 0.29) is 30.6 Å². The molecule has 1 aromatic heterocycles. The van der Waals surface area contributed by atoms with Gasteiger partial charge in [-0.05, 0) is 36.1 Å². The van der Waals surface area contributed by atoms with Gasteiger partial charge >= 0.3 is 22.6 Å². The summed E-state index contributed by atoms with van der Waals surface area (Å²) in [5.41, 5.74) is 1.71. The van der Waals surface area contributed by atoms with E-state index < -0.39 is 47.0 Å². The molecule has 10 nitrogen and oxygen atoms in total. The molecule has 0 aliphatic rings. The number of ether oxygens (including phenoxy) is 1. The maximum Gasteiger partial charge on any atom is 0.407 e. The number of hydrogen-bond acceptors (Lipinski definition) is 7. The summed E-state index contributed by atoms with van der Waals surface area (Å²) in [7, 11) is -3.31. The zero-order valence-electron chi connectivity index (χ0n) is 21.1. The molecule has 1 heterocycles. The number of rotatable bonds is 12. The number of amides is 2. The van der Waals surface area contributed by atoms with Crippen LogP contribution in [0.1, 0.15) is 34.3 Å². The van der Waals surface area contributed by atoms with Gasteiger partial charge in [0.1, 0.15) is 11.0 Å². The summed E-state index contributed by atoms with van der Waals surface area (Å²) in [5.74, 6) is -0.573. The molecule has 2 amide bonds. The molecule has 3 rings (SSSR count). The van der Waals surface area contributed by atoms with Crippen molar-refractivity contribution in [3.8, 4) is 0 Å². The van der Waals surface area contributed by atoms with Gasteiger partial charge in [-0.1, -0.05) is 42.5 Å². The third-order valence-electron chi connectivity index (χ3n) is 5.57. The molecule has 2 aromatic carbocycles. The standard InChI is InChI=1S/C25H27F3N4O6S2/c1-38-24(34)31-20(13-16-5-3-2-4-6-16)22(33)30-21(23-29-19(15-39-23)11-12-25(26,27)28)14-17-7-9-18(10-8-17)32-40(35,36)37/h2-10,15,20-21,32H,11-14H2,1H3,(H,30,33)(H,31,34)(H,35,36,37)/t20-,21-/m0/s1. The predicted octanol–water partition coefficient (Wildman–Crippen LogP) is 4.22. The molecule has 0 fully saturated rings. The average Bonchev–Trinajstić information content (AvgIpc) is 3.36. The SMILES string of the molecule is COC(=O)N[C@@H](Cc1ccccc1)C(=O)N[C@@H](Cc1ccc(NS(=O)(=O)O)cc1)c1nc(CCC(F)(F)F)cs1. The van der Waals surface area contributed by atoms with Crippen LogP contribution in [0.25, 0.3) is 0 Å². The summed E-state index contributed by atoms with van der Waals surface area (Å²) in [5, 5.41) is 7.18. The molecule has 4 N–H and O–H groups in total. The van der Waals surface area contributed by atoms with E-state index >= 15 is 0 Å². The summed E-state index contributed by atoms with van der Waals surface area (Å²) in [6.45, 7) is 0. The van der Waals surface area contributed by atoms with Crippen molar-refractivity contribution < 1.29 is 40.5 Å². The fourth-order valence-electron chi connectivity index (χ4n) is 3.69. The predicted molar refractivity (Wildman–Crippen MR) is 142 cm³/mol. The number of nitrogens with zero attached hydrogens (tertiary/aromatic N) is 1. The second kappa shape index (κ2) is 13.6. The van der Waals surface area contributed by atoms with E-state index in [9.17, 15) is 31.2 Å². The van der Waals surface area contributed by atoms with E-state index in [1.165, 1.54) is 17.5 Å². The van der Waals surface area contributed by atoms with Crippen LogP contribution in [0, 0.1) is 0 Å². The number of methoxy groups -OCH3 is 1. The zero-order chi connectivity index (χ0) is 29.3. The molecule has 0 saturated heterocycles. The minimum atomic E-state index is -4.47. The number of nitrogens with one attached hydrogen (secondary N) is 3. The second-order valence-electron chi connectivity index (χ2n) is 8.71. The van der Waals surface area contributed by atoms with Crippen molar-refractivity contribution in [2.75, 3.05) is 11.8 Å². The van der Waals surface area contributed by atoms with E-state index in [1.807, 2.05) is 4.72 Å². The molecule has 3 aromatic rings. The Morgan fingerprint density at radius 2 is 1.68 bits per heavy atom. The Bertz CT molecular complexity index is 1380. The first-order valence-electron chi connectivity index (χ1n) is 11.9. The van der Waals surface area contributed by atoms with Crippen LogP contribution in [0.15, 0.2) is 60.0 Å². The van der Waals surface area contributed by atoms with E-state index in [1.54, 1.807) is 42.5 Å². The van der Waals surface area contributed by atoms with Crippen molar-refractivity contribution >= 4 is 39.3 Å². The van der Waals surface area contributed by atoms with E-state index in [0.29, 0.717) is 10.6 Å². The highest BCUT2D eigenvalue weighted by Crippen LogP contribution is 2.27. The van der Waals surface area contributed by atoms with Crippen LogP contribution in [0.3, 0.4) is 0 Å². The van der Waals surface area contributed by atoms with Crippen molar-refractivity contribution in [2.45, 2.75) is 43.9 Å². The first-order valence-corrected chi connectivity index (χ1v) is 14.2. The van der Waals surface area contributed by atoms with Crippen LogP contribution in [-0.2, 0) is 39.1 Å². The van der Waals surface area contributed by atoms with E-state index in [0.717, 1.165) is 24.0 Å². The molecule has 15 heteroatoms. The minimum absolute atomic E-state index is 0.0979. The van der Waals surface area contributed by atoms with Crippen LogP contribution < -0.4 is 15.4 Å². The third kappa shape index (κ3) is 10.5. The molecule has 0 radical (unpaired) electrons. The number of carbonyl (C=O) groups is 2. The highest BCUT2D eigenvalue weighted by atomic mass is 32.2. The van der Waals surface area contributed by atoms with Crippen LogP contribution in [-0.4, -0.2) is 49.3 Å². The van der Waals surface area contributed by atoms with Gasteiger partial charge in [-0.2, -0.15) is 21.6 Å². The molecule has 0 aliphatic heterocycles. The van der Waals surface area contributed by atoms with Crippen molar-refractivity contribution in [3.05, 3.63) is 81.8 Å². The Balaban J connectivity index is 1.85. The molecule has 40 heavy (non-hydrogen) atoms. The number of alkyl halides is 3. The molecule has 0 saturated carbocycles. The smallest absolute Gasteiger partial charge is 0.407 e. The summed E-state index contributed by atoms with van der Waals surface area (Å²) in [6, 6.07) is 13.0. The number of carbonyl (C=O) groups excluding carboxylic acids is 2. The van der Waals surface area contributed by atoms with Crippen LogP contribution in [0.2, 0.25) is 0 Å². The number of aryl methyl sites for hydroxylation is 1. The normalized spacial score (nSPS) is 13.2. The Labute approximate surface area is 232 Å². The zero-order valence-corrected chi connectivity index (χ0v) is 22.8. The number of alkyl carbamates (subject to hydrolysis) is 1. The number of thiazole rings is 1.